The van der Waals surface area contributed by atoms with Crippen molar-refractivity contribution in [2.75, 3.05) is 5.32 Å². The Kier molecular flexibility index (Phi) is 6.02. The summed E-state index contributed by atoms with van der Waals surface area (Å²) in [5, 5.41) is 7.30. The lowest BCUT2D eigenvalue weighted by molar-refractivity contribution is 0.102. The highest BCUT2D eigenvalue weighted by molar-refractivity contribution is 7.91. The van der Waals surface area contributed by atoms with Crippen LogP contribution in [0.3, 0.4) is 0 Å². The quantitative estimate of drug-likeness (QED) is 0.396. The van der Waals surface area contributed by atoms with Gasteiger partial charge in [-0.2, -0.15) is 13.9 Å². The molecule has 33 heavy (non-hydrogen) atoms. The summed E-state index contributed by atoms with van der Waals surface area (Å²) in [5.74, 6) is -4.27. The van der Waals surface area contributed by atoms with Gasteiger partial charge >= 0.3 is 5.76 Å². The van der Waals surface area contributed by atoms with Gasteiger partial charge in [-0.1, -0.05) is 12.1 Å². The van der Waals surface area contributed by atoms with Gasteiger partial charge in [0.2, 0.25) is 9.84 Å². The van der Waals surface area contributed by atoms with E-state index in [2.05, 4.69) is 10.4 Å². The number of pyridine rings is 1. The van der Waals surface area contributed by atoms with E-state index < -0.39 is 26.4 Å². The highest BCUT2D eigenvalue weighted by atomic mass is 32.2. The Labute approximate surface area is 193 Å². The van der Waals surface area contributed by atoms with Crippen molar-refractivity contribution in [1.29, 1.82) is 0 Å². The second-order valence-electron chi connectivity index (χ2n) is 7.64. The highest BCUT2D eigenvalue weighted by Gasteiger charge is 2.30. The molecule has 0 saturated heterocycles. The predicted molar refractivity (Wildman–Crippen MR) is 124 cm³/mol. The maximum Gasteiger partial charge on any atom is 0.341 e. The fraction of sp³-hybridized carbons (Fsp3) is 0.227. The summed E-state index contributed by atoms with van der Waals surface area (Å²) in [6.07, 6.45) is 1.52. The molecule has 3 aromatic heterocycles. The Bertz CT molecular complexity index is 1460. The lowest BCUT2D eigenvalue weighted by atomic mass is 10.1. The molecule has 1 N–H and O–H groups in total. The molecule has 0 spiro atoms. The molecule has 1 aromatic carbocycles. The number of alkyl halides is 2. The molecule has 3 heterocycles. The van der Waals surface area contributed by atoms with E-state index in [1.807, 2.05) is 32.9 Å². The number of carbonyl (C=O) groups is 1. The molecule has 0 saturated carbocycles. The fourth-order valence-corrected chi connectivity index (χ4v) is 5.10. The zero-order valence-electron chi connectivity index (χ0n) is 17.9. The normalized spacial score (nSPS) is 12.1. The number of benzene rings is 1. The largest absolute Gasteiger partial charge is 0.341 e. The Hall–Kier alpha value is -3.18. The summed E-state index contributed by atoms with van der Waals surface area (Å²) in [5.41, 5.74) is 1.03. The molecule has 4 aromatic rings. The number of hydrogen-bond acceptors (Lipinski definition) is 6. The topological polar surface area (TPSA) is 94.0 Å². The van der Waals surface area contributed by atoms with Crippen LogP contribution in [0, 0.1) is 6.92 Å². The molecule has 172 valence electrons. The summed E-state index contributed by atoms with van der Waals surface area (Å²) < 4.78 is 52.1. The Morgan fingerprint density at radius 2 is 1.88 bits per heavy atom. The molecule has 1 amide bonds. The number of hydrogen-bond donors (Lipinski definition) is 1. The second kappa shape index (κ2) is 8.64. The minimum absolute atomic E-state index is 0.0249. The number of aromatic nitrogens is 3. The van der Waals surface area contributed by atoms with Gasteiger partial charge in [0.1, 0.15) is 0 Å². The monoisotopic (exact) mass is 490 g/mol. The average Bonchev–Trinajstić information content (AvgIpc) is 3.39. The highest BCUT2D eigenvalue weighted by Crippen LogP contribution is 2.32. The van der Waals surface area contributed by atoms with E-state index in [0.717, 1.165) is 15.8 Å². The van der Waals surface area contributed by atoms with Crippen LogP contribution in [0.15, 0.2) is 53.6 Å². The Morgan fingerprint density at radius 3 is 2.52 bits per heavy atom. The first kappa shape index (κ1) is 23.0. The third-order valence-corrected chi connectivity index (χ3v) is 7.43. The lowest BCUT2D eigenvalue weighted by Gasteiger charge is -2.13. The van der Waals surface area contributed by atoms with Crippen LogP contribution in [-0.2, 0) is 9.84 Å². The molecule has 0 aliphatic carbocycles. The number of fused-ring (bicyclic) bond motifs is 1. The van der Waals surface area contributed by atoms with E-state index >= 15 is 0 Å². The van der Waals surface area contributed by atoms with Gasteiger partial charge in [0, 0.05) is 10.9 Å². The van der Waals surface area contributed by atoms with E-state index in [9.17, 15) is 22.0 Å². The van der Waals surface area contributed by atoms with E-state index in [1.54, 1.807) is 10.7 Å². The number of carbonyl (C=O) groups excluding carboxylic acids is 1. The van der Waals surface area contributed by atoms with Crippen molar-refractivity contribution in [3.63, 3.8) is 0 Å². The summed E-state index contributed by atoms with van der Waals surface area (Å²) in [7, 11) is -4.91. The van der Waals surface area contributed by atoms with Crippen LogP contribution >= 0.6 is 11.3 Å². The van der Waals surface area contributed by atoms with Crippen molar-refractivity contribution >= 4 is 43.8 Å². The number of sulfone groups is 1. The Balaban J connectivity index is 1.84. The smallest absolute Gasteiger partial charge is 0.321 e. The van der Waals surface area contributed by atoms with E-state index in [0.29, 0.717) is 16.7 Å². The van der Waals surface area contributed by atoms with Gasteiger partial charge < -0.3 is 5.32 Å². The number of anilines is 1. The first-order valence-electron chi connectivity index (χ1n) is 9.97. The summed E-state index contributed by atoms with van der Waals surface area (Å²) in [6.45, 7) is 5.82. The van der Waals surface area contributed by atoms with Crippen molar-refractivity contribution in [3.8, 4) is 10.6 Å². The van der Waals surface area contributed by atoms with Crippen LogP contribution in [0.25, 0.3) is 21.6 Å². The van der Waals surface area contributed by atoms with Gasteiger partial charge in [-0.25, -0.2) is 18.1 Å². The van der Waals surface area contributed by atoms with Crippen molar-refractivity contribution in [3.05, 3.63) is 59.1 Å². The molecule has 11 heteroatoms. The summed E-state index contributed by atoms with van der Waals surface area (Å²) in [4.78, 5) is 19.3. The number of amides is 1. The number of para-hydroxylation sites is 1. The van der Waals surface area contributed by atoms with Crippen molar-refractivity contribution in [2.45, 2.75) is 37.5 Å². The molecule has 4 rings (SSSR count). The van der Waals surface area contributed by atoms with Crippen LogP contribution in [0.2, 0.25) is 0 Å². The Morgan fingerprint density at radius 1 is 1.15 bits per heavy atom. The van der Waals surface area contributed by atoms with Gasteiger partial charge in [0.25, 0.3) is 5.91 Å². The molecule has 0 atom stereocenters. The zero-order valence-corrected chi connectivity index (χ0v) is 19.5. The first-order chi connectivity index (χ1) is 15.6. The standard InChI is InChI=1S/C22H20F2N4O3S2/c1-12(2)28-20-15(11-25-28)14(10-17(26-20)18-9-8-13(3)32-18)21(29)27-16-6-4-5-7-19(16)33(30,31)22(23)24/h4-12,22H,1-3H3,(H,27,29). The molecule has 0 fully saturated rings. The summed E-state index contributed by atoms with van der Waals surface area (Å²) >= 11 is 1.51. The molecular weight excluding hydrogens is 470 g/mol. The number of rotatable bonds is 6. The minimum atomic E-state index is -4.91. The van der Waals surface area contributed by atoms with Gasteiger partial charge in [-0.3, -0.25) is 4.79 Å². The van der Waals surface area contributed by atoms with E-state index in [4.69, 9.17) is 4.98 Å². The second-order valence-corrected chi connectivity index (χ2v) is 10.8. The molecule has 7 nitrogen and oxygen atoms in total. The van der Waals surface area contributed by atoms with Gasteiger partial charge in [0.15, 0.2) is 5.65 Å². The molecule has 0 aliphatic heterocycles. The minimum Gasteiger partial charge on any atom is -0.321 e. The van der Waals surface area contributed by atoms with Gasteiger partial charge in [0.05, 0.1) is 38.3 Å². The van der Waals surface area contributed by atoms with Crippen LogP contribution in [0.4, 0.5) is 14.5 Å². The fourth-order valence-electron chi connectivity index (χ4n) is 3.39. The van der Waals surface area contributed by atoms with Crippen LogP contribution in [0.1, 0.15) is 35.1 Å². The number of aryl methyl sites for hydroxylation is 1. The lowest BCUT2D eigenvalue weighted by Crippen LogP contribution is -2.18. The number of nitrogens with zero attached hydrogens (tertiary/aromatic N) is 3. The average molecular weight is 491 g/mol. The third-order valence-electron chi connectivity index (χ3n) is 4.97. The zero-order chi connectivity index (χ0) is 23.9. The maximum absolute atomic E-state index is 13.3. The van der Waals surface area contributed by atoms with Crippen LogP contribution in [0.5, 0.6) is 0 Å². The summed E-state index contributed by atoms with van der Waals surface area (Å²) in [6, 6.07) is 10.5. The van der Waals surface area contributed by atoms with E-state index in [-0.39, 0.29) is 17.3 Å². The number of nitrogens with one attached hydrogen (secondary N) is 1. The van der Waals surface area contributed by atoms with Crippen LogP contribution in [-0.4, -0.2) is 34.8 Å². The van der Waals surface area contributed by atoms with Crippen molar-refractivity contribution < 1.29 is 22.0 Å². The molecule has 0 unspecified atom stereocenters. The number of thiophene rings is 1. The van der Waals surface area contributed by atoms with Crippen molar-refractivity contribution in [2.24, 2.45) is 0 Å². The van der Waals surface area contributed by atoms with Crippen molar-refractivity contribution in [1.82, 2.24) is 14.8 Å². The molecular formula is C22H20F2N4O3S2. The van der Waals surface area contributed by atoms with E-state index in [1.165, 1.54) is 35.7 Å². The van der Waals surface area contributed by atoms with Gasteiger partial charge in [-0.05, 0) is 51.1 Å². The molecule has 0 aliphatic rings. The molecule has 0 radical (unpaired) electrons. The first-order valence-corrected chi connectivity index (χ1v) is 12.3. The predicted octanol–water partition coefficient (Wildman–Crippen LogP) is 5.30. The molecule has 0 bridgehead atoms. The van der Waals surface area contributed by atoms with Gasteiger partial charge in [-0.15, -0.1) is 11.3 Å². The SMILES string of the molecule is Cc1ccc(-c2cc(C(=O)Nc3ccccc3S(=O)(=O)C(F)F)c3cnn(C(C)C)c3n2)s1. The van der Waals surface area contributed by atoms with Crippen LogP contribution < -0.4 is 5.32 Å². The third kappa shape index (κ3) is 4.25. The maximum atomic E-state index is 13.3. The number of halogens is 2.